The van der Waals surface area contributed by atoms with Crippen LogP contribution in [0.3, 0.4) is 0 Å². The van der Waals surface area contributed by atoms with Crippen molar-refractivity contribution in [2.45, 2.75) is 13.5 Å². The van der Waals surface area contributed by atoms with Crippen molar-refractivity contribution >= 4 is 0 Å². The van der Waals surface area contributed by atoms with Crippen LogP contribution >= 0.6 is 0 Å². The number of nitrogens with one attached hydrogen (secondary N) is 1. The monoisotopic (exact) mass is 259 g/mol. The van der Waals surface area contributed by atoms with E-state index in [4.69, 9.17) is 9.47 Å². The van der Waals surface area contributed by atoms with Gasteiger partial charge in [0.05, 0.1) is 6.61 Å². The Labute approximate surface area is 112 Å². The molecule has 1 heterocycles. The molecule has 100 valence electrons. The van der Waals surface area contributed by atoms with Crippen LogP contribution in [-0.2, 0) is 6.54 Å². The van der Waals surface area contributed by atoms with E-state index in [1.165, 1.54) is 0 Å². The zero-order valence-electron chi connectivity index (χ0n) is 11.1. The van der Waals surface area contributed by atoms with E-state index in [-0.39, 0.29) is 0 Å². The third kappa shape index (κ3) is 3.66. The molecule has 2 rings (SSSR count). The maximum atomic E-state index is 5.63. The fraction of sp³-hybridized carbons (Fsp3) is 0.286. The number of ether oxygens (including phenoxy) is 2. The third-order valence-corrected chi connectivity index (χ3v) is 2.41. The predicted molar refractivity (Wildman–Crippen MR) is 72.5 cm³/mol. The standard InChI is InChI=1S/C14H17N3O2/c1-3-18-12-6-4-5-7-13(12)19-14-16-9-11(8-15-2)10-17-14/h4-7,9-10,15H,3,8H2,1-2H3. The van der Waals surface area contributed by atoms with Crippen molar-refractivity contribution in [3.63, 3.8) is 0 Å². The Hall–Kier alpha value is -2.14. The molecule has 2 aromatic rings. The molecule has 1 aromatic carbocycles. The highest BCUT2D eigenvalue weighted by molar-refractivity contribution is 5.40. The molecule has 0 saturated carbocycles. The first-order chi connectivity index (χ1) is 9.33. The fourth-order valence-corrected chi connectivity index (χ4v) is 1.60. The Morgan fingerprint density at radius 2 is 1.79 bits per heavy atom. The van der Waals surface area contributed by atoms with Crippen molar-refractivity contribution in [2.24, 2.45) is 0 Å². The fourth-order valence-electron chi connectivity index (χ4n) is 1.60. The summed E-state index contributed by atoms with van der Waals surface area (Å²) in [5.41, 5.74) is 1.01. The van der Waals surface area contributed by atoms with Crippen LogP contribution in [0.25, 0.3) is 0 Å². The summed E-state index contributed by atoms with van der Waals surface area (Å²) in [6, 6.07) is 7.78. The van der Waals surface area contributed by atoms with E-state index in [1.807, 2.05) is 38.2 Å². The summed E-state index contributed by atoms with van der Waals surface area (Å²) in [5, 5.41) is 3.04. The van der Waals surface area contributed by atoms with Crippen molar-refractivity contribution < 1.29 is 9.47 Å². The van der Waals surface area contributed by atoms with Crippen molar-refractivity contribution in [3.05, 3.63) is 42.2 Å². The number of para-hydroxylation sites is 2. The van der Waals surface area contributed by atoms with Gasteiger partial charge >= 0.3 is 6.01 Å². The topological polar surface area (TPSA) is 56.3 Å². The van der Waals surface area contributed by atoms with Gasteiger partial charge in [-0.25, -0.2) is 9.97 Å². The molecule has 1 N–H and O–H groups in total. The Balaban J connectivity index is 2.12. The molecule has 0 aliphatic heterocycles. The maximum Gasteiger partial charge on any atom is 0.322 e. The number of hydrogen-bond acceptors (Lipinski definition) is 5. The van der Waals surface area contributed by atoms with E-state index in [2.05, 4.69) is 15.3 Å². The number of hydrogen-bond donors (Lipinski definition) is 1. The summed E-state index contributed by atoms with van der Waals surface area (Å²) >= 11 is 0. The van der Waals surface area contributed by atoms with Crippen LogP contribution in [0.1, 0.15) is 12.5 Å². The summed E-state index contributed by atoms with van der Waals surface area (Å²) < 4.78 is 11.1. The first-order valence-corrected chi connectivity index (χ1v) is 6.18. The first-order valence-electron chi connectivity index (χ1n) is 6.18. The zero-order valence-corrected chi connectivity index (χ0v) is 11.1. The van der Waals surface area contributed by atoms with Crippen LogP contribution in [0.4, 0.5) is 0 Å². The van der Waals surface area contributed by atoms with Gasteiger partial charge in [-0.05, 0) is 26.1 Å². The molecule has 19 heavy (non-hydrogen) atoms. The zero-order chi connectivity index (χ0) is 13.5. The lowest BCUT2D eigenvalue weighted by atomic mass is 10.3. The van der Waals surface area contributed by atoms with E-state index >= 15 is 0 Å². The van der Waals surface area contributed by atoms with Gasteiger partial charge in [-0.1, -0.05) is 12.1 Å². The molecule has 0 aliphatic carbocycles. The number of benzene rings is 1. The van der Waals surface area contributed by atoms with Gasteiger partial charge in [-0.15, -0.1) is 0 Å². The van der Waals surface area contributed by atoms with E-state index in [0.29, 0.717) is 24.1 Å². The molecule has 0 radical (unpaired) electrons. The normalized spacial score (nSPS) is 10.2. The van der Waals surface area contributed by atoms with Crippen molar-refractivity contribution in [1.29, 1.82) is 0 Å². The van der Waals surface area contributed by atoms with Crippen LogP contribution in [-0.4, -0.2) is 23.6 Å². The minimum absolute atomic E-state index is 0.312. The minimum atomic E-state index is 0.312. The SMILES string of the molecule is CCOc1ccccc1Oc1ncc(CNC)cn1. The largest absolute Gasteiger partial charge is 0.490 e. The molecule has 0 unspecified atom stereocenters. The molecule has 5 nitrogen and oxygen atoms in total. The average molecular weight is 259 g/mol. The molecular formula is C14H17N3O2. The van der Waals surface area contributed by atoms with Crippen LogP contribution in [0.2, 0.25) is 0 Å². The molecule has 0 fully saturated rings. The maximum absolute atomic E-state index is 5.63. The second-order valence-electron chi connectivity index (χ2n) is 3.89. The molecule has 1 aromatic heterocycles. The van der Waals surface area contributed by atoms with Gasteiger partial charge in [0, 0.05) is 24.5 Å². The molecule has 0 aliphatic rings. The number of nitrogens with zero attached hydrogens (tertiary/aromatic N) is 2. The minimum Gasteiger partial charge on any atom is -0.490 e. The Bertz CT molecular complexity index is 514. The van der Waals surface area contributed by atoms with E-state index < -0.39 is 0 Å². The lowest BCUT2D eigenvalue weighted by Gasteiger charge is -2.09. The lowest BCUT2D eigenvalue weighted by molar-refractivity contribution is 0.317. The summed E-state index contributed by atoms with van der Waals surface area (Å²) in [4.78, 5) is 8.33. The van der Waals surface area contributed by atoms with Gasteiger partial charge in [0.1, 0.15) is 0 Å². The van der Waals surface area contributed by atoms with Crippen molar-refractivity contribution in [1.82, 2.24) is 15.3 Å². The van der Waals surface area contributed by atoms with E-state index in [1.54, 1.807) is 12.4 Å². The molecule has 0 bridgehead atoms. The van der Waals surface area contributed by atoms with E-state index in [9.17, 15) is 0 Å². The second kappa shape index (κ2) is 6.70. The molecule has 0 amide bonds. The Morgan fingerprint density at radius 1 is 1.11 bits per heavy atom. The van der Waals surface area contributed by atoms with Gasteiger partial charge in [0.2, 0.25) is 0 Å². The van der Waals surface area contributed by atoms with Crippen LogP contribution < -0.4 is 14.8 Å². The molecule has 5 heteroatoms. The quantitative estimate of drug-likeness (QED) is 0.863. The summed E-state index contributed by atoms with van der Waals surface area (Å²) in [7, 11) is 1.88. The van der Waals surface area contributed by atoms with E-state index in [0.717, 1.165) is 12.1 Å². The van der Waals surface area contributed by atoms with Gasteiger partial charge in [-0.2, -0.15) is 0 Å². The highest BCUT2D eigenvalue weighted by atomic mass is 16.5. The van der Waals surface area contributed by atoms with Crippen LogP contribution in [0, 0.1) is 0 Å². The van der Waals surface area contributed by atoms with Gasteiger partial charge < -0.3 is 14.8 Å². The lowest BCUT2D eigenvalue weighted by Crippen LogP contribution is -2.06. The van der Waals surface area contributed by atoms with Crippen LogP contribution in [0.5, 0.6) is 17.5 Å². The molecular weight excluding hydrogens is 242 g/mol. The van der Waals surface area contributed by atoms with Crippen molar-refractivity contribution in [3.8, 4) is 17.5 Å². The third-order valence-electron chi connectivity index (χ3n) is 2.41. The average Bonchev–Trinajstić information content (AvgIpc) is 2.44. The highest BCUT2D eigenvalue weighted by Crippen LogP contribution is 2.29. The summed E-state index contributed by atoms with van der Waals surface area (Å²) in [5.74, 6) is 1.30. The van der Waals surface area contributed by atoms with Gasteiger partial charge in [0.25, 0.3) is 0 Å². The summed E-state index contributed by atoms with van der Waals surface area (Å²) in [6.07, 6.45) is 3.48. The predicted octanol–water partition coefficient (Wildman–Crippen LogP) is 2.39. The summed E-state index contributed by atoms with van der Waals surface area (Å²) in [6.45, 7) is 3.25. The van der Waals surface area contributed by atoms with Gasteiger partial charge in [0.15, 0.2) is 11.5 Å². The van der Waals surface area contributed by atoms with Crippen molar-refractivity contribution in [2.75, 3.05) is 13.7 Å². The Kier molecular flexibility index (Phi) is 4.69. The molecule has 0 spiro atoms. The molecule has 0 atom stereocenters. The first kappa shape index (κ1) is 13.3. The molecule has 0 saturated heterocycles. The number of rotatable bonds is 6. The number of aromatic nitrogens is 2. The Morgan fingerprint density at radius 3 is 2.42 bits per heavy atom. The second-order valence-corrected chi connectivity index (χ2v) is 3.89. The smallest absolute Gasteiger partial charge is 0.322 e. The highest BCUT2D eigenvalue weighted by Gasteiger charge is 2.06. The van der Waals surface area contributed by atoms with Gasteiger partial charge in [-0.3, -0.25) is 0 Å². The van der Waals surface area contributed by atoms with Crippen LogP contribution in [0.15, 0.2) is 36.7 Å².